The molecule has 0 radical (unpaired) electrons. The van der Waals surface area contributed by atoms with E-state index in [1.807, 2.05) is 23.6 Å². The first-order valence-electron chi connectivity index (χ1n) is 7.32. The number of nitrogens with zero attached hydrogens (tertiary/aromatic N) is 2. The van der Waals surface area contributed by atoms with Gasteiger partial charge in [-0.05, 0) is 29.1 Å². The van der Waals surface area contributed by atoms with Crippen molar-refractivity contribution >= 4 is 38.7 Å². The molecule has 0 bridgehead atoms. The summed E-state index contributed by atoms with van der Waals surface area (Å²) in [5.74, 6) is -0.117. The number of nitrogens with one attached hydrogen (secondary N) is 1. The summed E-state index contributed by atoms with van der Waals surface area (Å²) in [5, 5.41) is 7.94. The normalized spacial score (nSPS) is 17.7. The van der Waals surface area contributed by atoms with Crippen LogP contribution < -0.4 is 4.72 Å². The van der Waals surface area contributed by atoms with E-state index in [1.54, 1.807) is 29.5 Å². The van der Waals surface area contributed by atoms with Crippen LogP contribution in [0.2, 0.25) is 0 Å². The van der Waals surface area contributed by atoms with Crippen molar-refractivity contribution in [2.24, 2.45) is 5.10 Å². The molecule has 0 unspecified atom stereocenters. The van der Waals surface area contributed by atoms with E-state index in [4.69, 9.17) is 0 Å². The number of anilines is 1. The maximum absolute atomic E-state index is 11.9. The summed E-state index contributed by atoms with van der Waals surface area (Å²) in [6.07, 6.45) is 1.71. The Hall–Kier alpha value is -2.19. The minimum absolute atomic E-state index is 0.107. The highest BCUT2D eigenvalue weighted by molar-refractivity contribution is 7.92. The minimum atomic E-state index is -3.34. The molecule has 24 heavy (non-hydrogen) atoms. The first kappa shape index (κ1) is 16.7. The molecule has 6 nitrogen and oxygen atoms in total. The van der Waals surface area contributed by atoms with Crippen molar-refractivity contribution in [3.8, 4) is 0 Å². The monoisotopic (exact) mass is 363 g/mol. The highest BCUT2D eigenvalue weighted by Crippen LogP contribution is 2.35. The molecule has 126 valence electrons. The lowest BCUT2D eigenvalue weighted by molar-refractivity contribution is -0.130. The summed E-state index contributed by atoms with van der Waals surface area (Å²) >= 11 is 1.59. The molecule has 2 aromatic rings. The number of hydrazone groups is 1. The number of hydrogen-bond acceptors (Lipinski definition) is 5. The van der Waals surface area contributed by atoms with E-state index in [0.29, 0.717) is 12.1 Å². The number of carbonyl (C=O) groups excluding carboxylic acids is 1. The van der Waals surface area contributed by atoms with E-state index in [1.165, 1.54) is 11.9 Å². The van der Waals surface area contributed by atoms with Crippen LogP contribution in [0.25, 0.3) is 0 Å². The number of carbonyl (C=O) groups is 1. The molecule has 2 heterocycles. The van der Waals surface area contributed by atoms with Crippen molar-refractivity contribution in [3.63, 3.8) is 0 Å². The topological polar surface area (TPSA) is 78.8 Å². The van der Waals surface area contributed by atoms with Gasteiger partial charge < -0.3 is 0 Å². The van der Waals surface area contributed by atoms with Gasteiger partial charge in [-0.25, -0.2) is 13.4 Å². The van der Waals surface area contributed by atoms with Crippen molar-refractivity contribution in [2.75, 3.05) is 11.0 Å². The SMILES string of the molecule is CC(=O)N1N=C(c2cccc(NS(C)(=O)=O)c2)C[C@@H]1c1cccs1. The molecule has 0 saturated heterocycles. The van der Waals surface area contributed by atoms with Crippen LogP contribution in [0.3, 0.4) is 0 Å². The third kappa shape index (κ3) is 3.65. The van der Waals surface area contributed by atoms with Crippen LogP contribution in [-0.2, 0) is 14.8 Å². The predicted octanol–water partition coefficient (Wildman–Crippen LogP) is 2.82. The zero-order valence-corrected chi connectivity index (χ0v) is 14.9. The van der Waals surface area contributed by atoms with Gasteiger partial charge in [0.05, 0.1) is 18.0 Å². The number of benzene rings is 1. The average molecular weight is 363 g/mol. The fraction of sp³-hybridized carbons (Fsp3) is 0.250. The van der Waals surface area contributed by atoms with E-state index in [9.17, 15) is 13.2 Å². The molecular formula is C16H17N3O3S2. The number of hydrogen-bond donors (Lipinski definition) is 1. The van der Waals surface area contributed by atoms with Crippen LogP contribution in [0, 0.1) is 0 Å². The lowest BCUT2D eigenvalue weighted by atomic mass is 10.0. The van der Waals surface area contributed by atoms with Gasteiger partial charge in [0.1, 0.15) is 0 Å². The predicted molar refractivity (Wildman–Crippen MR) is 95.6 cm³/mol. The van der Waals surface area contributed by atoms with Gasteiger partial charge in [0, 0.05) is 23.9 Å². The summed E-state index contributed by atoms with van der Waals surface area (Å²) in [4.78, 5) is 13.0. The number of sulfonamides is 1. The van der Waals surface area contributed by atoms with Gasteiger partial charge in [-0.1, -0.05) is 18.2 Å². The second-order valence-electron chi connectivity index (χ2n) is 5.60. The molecular weight excluding hydrogens is 346 g/mol. The van der Waals surface area contributed by atoms with E-state index >= 15 is 0 Å². The highest BCUT2D eigenvalue weighted by Gasteiger charge is 2.32. The van der Waals surface area contributed by atoms with Crippen molar-refractivity contribution < 1.29 is 13.2 Å². The van der Waals surface area contributed by atoms with Crippen molar-refractivity contribution in [3.05, 3.63) is 52.2 Å². The quantitative estimate of drug-likeness (QED) is 0.907. The molecule has 1 N–H and O–H groups in total. The second kappa shape index (κ2) is 6.37. The third-order valence-corrected chi connectivity index (χ3v) is 5.18. The molecule has 1 atom stereocenters. The first-order valence-corrected chi connectivity index (χ1v) is 10.1. The van der Waals surface area contributed by atoms with Crippen molar-refractivity contribution in [1.29, 1.82) is 0 Å². The minimum Gasteiger partial charge on any atom is -0.284 e. The summed E-state index contributed by atoms with van der Waals surface area (Å²) in [6.45, 7) is 1.49. The Labute approximate surface area is 144 Å². The fourth-order valence-corrected chi connectivity index (χ4v) is 4.02. The summed E-state index contributed by atoms with van der Waals surface area (Å²) in [5.41, 5.74) is 2.04. The number of thiophene rings is 1. The molecule has 0 spiro atoms. The second-order valence-corrected chi connectivity index (χ2v) is 8.33. The number of rotatable bonds is 4. The van der Waals surface area contributed by atoms with Gasteiger partial charge in [-0.3, -0.25) is 9.52 Å². The molecule has 1 aliphatic heterocycles. The Balaban J connectivity index is 1.91. The molecule has 0 aliphatic carbocycles. The lowest BCUT2D eigenvalue weighted by Crippen LogP contribution is -2.23. The van der Waals surface area contributed by atoms with E-state index in [0.717, 1.165) is 22.4 Å². The Bertz CT molecular complexity index is 889. The van der Waals surface area contributed by atoms with Crippen LogP contribution in [0.1, 0.15) is 29.8 Å². The zero-order chi connectivity index (χ0) is 17.3. The molecule has 1 aliphatic rings. The molecule has 0 saturated carbocycles. The summed E-state index contributed by atoms with van der Waals surface area (Å²) < 4.78 is 25.2. The molecule has 1 amide bonds. The van der Waals surface area contributed by atoms with E-state index in [-0.39, 0.29) is 11.9 Å². The Morgan fingerprint density at radius 3 is 2.75 bits per heavy atom. The van der Waals surface area contributed by atoms with Gasteiger partial charge in [0.2, 0.25) is 15.9 Å². The smallest absolute Gasteiger partial charge is 0.240 e. The Kier molecular flexibility index (Phi) is 4.42. The molecule has 3 rings (SSSR count). The van der Waals surface area contributed by atoms with Crippen LogP contribution in [-0.4, -0.2) is 31.3 Å². The molecule has 8 heteroatoms. The Morgan fingerprint density at radius 1 is 1.33 bits per heavy atom. The fourth-order valence-electron chi connectivity index (χ4n) is 2.65. The maximum atomic E-state index is 11.9. The highest BCUT2D eigenvalue weighted by atomic mass is 32.2. The zero-order valence-electron chi connectivity index (χ0n) is 13.3. The summed E-state index contributed by atoms with van der Waals surface area (Å²) in [7, 11) is -3.34. The molecule has 0 fully saturated rings. The van der Waals surface area contributed by atoms with Crippen LogP contribution >= 0.6 is 11.3 Å². The van der Waals surface area contributed by atoms with Gasteiger partial charge in [0.25, 0.3) is 0 Å². The van der Waals surface area contributed by atoms with Gasteiger partial charge in [-0.15, -0.1) is 11.3 Å². The number of amides is 1. The standard InChI is InChI=1S/C16H17N3O3S2/c1-11(20)19-15(16-7-4-8-23-16)10-14(17-19)12-5-3-6-13(9-12)18-24(2,21)22/h3-9,15,18H,10H2,1-2H3/t15-/m1/s1. The van der Waals surface area contributed by atoms with Crippen LogP contribution in [0.5, 0.6) is 0 Å². The van der Waals surface area contributed by atoms with Gasteiger partial charge in [0.15, 0.2) is 0 Å². The van der Waals surface area contributed by atoms with Crippen molar-refractivity contribution in [2.45, 2.75) is 19.4 Å². The van der Waals surface area contributed by atoms with Crippen molar-refractivity contribution in [1.82, 2.24) is 5.01 Å². The van der Waals surface area contributed by atoms with Crippen LogP contribution in [0.15, 0.2) is 46.9 Å². The molecule has 1 aromatic carbocycles. The van der Waals surface area contributed by atoms with E-state index < -0.39 is 10.0 Å². The van der Waals surface area contributed by atoms with Gasteiger partial charge in [-0.2, -0.15) is 5.10 Å². The largest absolute Gasteiger partial charge is 0.284 e. The molecule has 1 aromatic heterocycles. The maximum Gasteiger partial charge on any atom is 0.240 e. The Morgan fingerprint density at radius 2 is 2.12 bits per heavy atom. The van der Waals surface area contributed by atoms with Crippen LogP contribution in [0.4, 0.5) is 5.69 Å². The summed E-state index contributed by atoms with van der Waals surface area (Å²) in [6, 6.07) is 10.9. The van der Waals surface area contributed by atoms with E-state index in [2.05, 4.69) is 9.82 Å². The first-order chi connectivity index (χ1) is 11.3. The average Bonchev–Trinajstić information content (AvgIpc) is 3.15. The van der Waals surface area contributed by atoms with Gasteiger partial charge >= 0.3 is 0 Å². The lowest BCUT2D eigenvalue weighted by Gasteiger charge is -2.18. The third-order valence-electron chi connectivity index (χ3n) is 3.60.